The van der Waals surface area contributed by atoms with Crippen LogP contribution in [0, 0.1) is 3.70 Å². The van der Waals surface area contributed by atoms with Gasteiger partial charge in [-0.15, -0.1) is 0 Å². The first-order chi connectivity index (χ1) is 10.5. The third kappa shape index (κ3) is 2.66. The van der Waals surface area contributed by atoms with Gasteiger partial charge in [0.1, 0.15) is 15.0 Å². The number of carbonyl (C=O) groups excluding carboxylic acids is 1. The molecule has 3 aromatic heterocycles. The van der Waals surface area contributed by atoms with Crippen molar-refractivity contribution in [3.05, 3.63) is 55.6 Å². The van der Waals surface area contributed by atoms with Crippen molar-refractivity contribution in [2.24, 2.45) is 5.73 Å². The van der Waals surface area contributed by atoms with Crippen LogP contribution in [0.2, 0.25) is 10.0 Å². The molecule has 0 aliphatic rings. The molecule has 0 saturated heterocycles. The zero-order valence-electron chi connectivity index (χ0n) is 11.1. The smallest absolute Gasteiger partial charge is 0.267 e. The predicted octanol–water partition coefficient (Wildman–Crippen LogP) is 3.49. The van der Waals surface area contributed by atoms with Crippen LogP contribution < -0.4 is 5.73 Å². The van der Waals surface area contributed by atoms with Crippen LogP contribution in [0.25, 0.3) is 11.0 Å². The lowest BCUT2D eigenvalue weighted by molar-refractivity contribution is 0.0996. The van der Waals surface area contributed by atoms with Gasteiger partial charge >= 0.3 is 0 Å². The van der Waals surface area contributed by atoms with Gasteiger partial charge in [0.2, 0.25) is 0 Å². The Morgan fingerprint density at radius 1 is 1.32 bits per heavy atom. The fraction of sp³-hybridized carbons (Fsp3) is 0.0714. The maximum atomic E-state index is 11.4. The van der Waals surface area contributed by atoms with Crippen LogP contribution in [-0.4, -0.2) is 20.4 Å². The van der Waals surface area contributed by atoms with Crippen molar-refractivity contribution in [3.8, 4) is 0 Å². The Bertz CT molecular complexity index is 880. The number of aromatic nitrogens is 3. The molecule has 2 N–H and O–H groups in total. The van der Waals surface area contributed by atoms with E-state index >= 15 is 0 Å². The second-order valence-corrected chi connectivity index (χ2v) is 6.41. The van der Waals surface area contributed by atoms with Crippen molar-refractivity contribution in [2.45, 2.75) is 6.54 Å². The quantitative estimate of drug-likeness (QED) is 0.626. The average molecular weight is 447 g/mol. The lowest BCUT2D eigenvalue weighted by Crippen LogP contribution is -2.14. The Morgan fingerprint density at radius 3 is 2.64 bits per heavy atom. The van der Waals surface area contributed by atoms with Crippen molar-refractivity contribution >= 4 is 62.7 Å². The molecule has 3 heterocycles. The molecule has 0 bridgehead atoms. The van der Waals surface area contributed by atoms with E-state index in [9.17, 15) is 4.79 Å². The highest BCUT2D eigenvalue weighted by molar-refractivity contribution is 14.1. The summed E-state index contributed by atoms with van der Waals surface area (Å²) in [6.45, 7) is 0.537. The van der Waals surface area contributed by atoms with E-state index < -0.39 is 5.91 Å². The molecule has 0 radical (unpaired) electrons. The molecule has 0 aliphatic carbocycles. The zero-order valence-corrected chi connectivity index (χ0v) is 14.7. The number of fused-ring (bicyclic) bond motifs is 1. The average Bonchev–Trinajstić information content (AvgIpc) is 2.73. The van der Waals surface area contributed by atoms with Gasteiger partial charge in [0.25, 0.3) is 5.91 Å². The van der Waals surface area contributed by atoms with Gasteiger partial charge in [-0.3, -0.25) is 9.78 Å². The Kier molecular flexibility index (Phi) is 4.24. The fourth-order valence-electron chi connectivity index (χ4n) is 2.16. The Balaban J connectivity index is 2.25. The number of pyridine rings is 2. The summed E-state index contributed by atoms with van der Waals surface area (Å²) in [5, 5.41) is 1.49. The third-order valence-electron chi connectivity index (χ3n) is 3.19. The van der Waals surface area contributed by atoms with Crippen LogP contribution in [-0.2, 0) is 6.54 Å². The van der Waals surface area contributed by atoms with Crippen LogP contribution in [0.3, 0.4) is 0 Å². The van der Waals surface area contributed by atoms with E-state index in [4.69, 9.17) is 28.9 Å². The topological polar surface area (TPSA) is 73.8 Å². The molecule has 1 amide bonds. The first kappa shape index (κ1) is 15.5. The van der Waals surface area contributed by atoms with E-state index in [0.29, 0.717) is 27.6 Å². The van der Waals surface area contributed by atoms with Crippen LogP contribution in [0.5, 0.6) is 0 Å². The Morgan fingerprint density at radius 2 is 2.00 bits per heavy atom. The molecule has 0 aliphatic heterocycles. The largest absolute Gasteiger partial charge is 0.364 e. The molecule has 8 heteroatoms. The van der Waals surface area contributed by atoms with Crippen molar-refractivity contribution in [3.63, 3.8) is 0 Å². The minimum Gasteiger partial charge on any atom is -0.364 e. The first-order valence-electron chi connectivity index (χ1n) is 6.21. The van der Waals surface area contributed by atoms with Gasteiger partial charge in [-0.05, 0) is 46.4 Å². The maximum absolute atomic E-state index is 11.4. The zero-order chi connectivity index (χ0) is 15.9. The van der Waals surface area contributed by atoms with Gasteiger partial charge in [0.15, 0.2) is 0 Å². The number of nitrogens with zero attached hydrogens (tertiary/aromatic N) is 3. The van der Waals surface area contributed by atoms with Crippen LogP contribution in [0.15, 0.2) is 30.6 Å². The summed E-state index contributed by atoms with van der Waals surface area (Å²) in [7, 11) is 0. The van der Waals surface area contributed by atoms with E-state index in [1.807, 2.05) is 16.7 Å². The standard InChI is InChI=1S/C14H9Cl2IN4O/c15-8-5-9(13(18)22)20-14-10(8)11(16)12(17)21(14)6-7-1-3-19-4-2-7/h1-5H,6H2,(H2,18,22). The minimum atomic E-state index is -0.633. The van der Waals surface area contributed by atoms with Crippen molar-refractivity contribution in [1.29, 1.82) is 0 Å². The number of carbonyl (C=O) groups is 1. The molecule has 0 aromatic carbocycles. The number of amides is 1. The van der Waals surface area contributed by atoms with Crippen molar-refractivity contribution in [2.75, 3.05) is 0 Å². The maximum Gasteiger partial charge on any atom is 0.267 e. The molecule has 0 spiro atoms. The molecule has 3 aromatic rings. The predicted molar refractivity (Wildman–Crippen MR) is 94.3 cm³/mol. The summed E-state index contributed by atoms with van der Waals surface area (Å²) in [4.78, 5) is 19.7. The number of primary amides is 1. The van der Waals surface area contributed by atoms with E-state index in [0.717, 1.165) is 9.26 Å². The Hall–Kier alpha value is -1.38. The van der Waals surface area contributed by atoms with Crippen LogP contribution >= 0.6 is 45.8 Å². The highest BCUT2D eigenvalue weighted by Crippen LogP contribution is 2.36. The lowest BCUT2D eigenvalue weighted by Gasteiger charge is -2.07. The van der Waals surface area contributed by atoms with Crippen LogP contribution in [0.1, 0.15) is 16.1 Å². The van der Waals surface area contributed by atoms with Gasteiger partial charge in [-0.25, -0.2) is 4.98 Å². The molecule has 5 nitrogen and oxygen atoms in total. The minimum absolute atomic E-state index is 0.110. The van der Waals surface area contributed by atoms with Crippen molar-refractivity contribution < 1.29 is 4.79 Å². The monoisotopic (exact) mass is 446 g/mol. The highest BCUT2D eigenvalue weighted by atomic mass is 127. The summed E-state index contributed by atoms with van der Waals surface area (Å²) < 4.78 is 2.69. The first-order valence-corrected chi connectivity index (χ1v) is 8.05. The SMILES string of the molecule is NC(=O)c1cc(Cl)c2c(Cl)c(I)n(Cc3ccncc3)c2n1. The number of hydrogen-bond acceptors (Lipinski definition) is 3. The summed E-state index contributed by atoms with van der Waals surface area (Å²) in [5.74, 6) is -0.633. The molecule has 0 atom stereocenters. The van der Waals surface area contributed by atoms with Gasteiger partial charge in [0, 0.05) is 12.4 Å². The van der Waals surface area contributed by atoms with Gasteiger partial charge in [0.05, 0.1) is 22.0 Å². The molecular weight excluding hydrogens is 438 g/mol. The molecule has 3 rings (SSSR count). The summed E-state index contributed by atoms with van der Waals surface area (Å²) in [6.07, 6.45) is 3.43. The van der Waals surface area contributed by atoms with Crippen molar-refractivity contribution in [1.82, 2.24) is 14.5 Å². The summed E-state index contributed by atoms with van der Waals surface area (Å²) in [5.41, 5.74) is 6.99. The summed E-state index contributed by atoms with van der Waals surface area (Å²) >= 11 is 14.7. The Labute approximate surface area is 149 Å². The highest BCUT2D eigenvalue weighted by Gasteiger charge is 2.20. The third-order valence-corrected chi connectivity index (χ3v) is 5.29. The number of rotatable bonds is 3. The second kappa shape index (κ2) is 6.02. The second-order valence-electron chi connectivity index (χ2n) is 4.60. The molecule has 0 saturated carbocycles. The summed E-state index contributed by atoms with van der Waals surface area (Å²) in [6, 6.07) is 5.23. The molecule has 0 fully saturated rings. The normalized spacial score (nSPS) is 11.0. The van der Waals surface area contributed by atoms with Gasteiger partial charge in [-0.2, -0.15) is 0 Å². The van der Waals surface area contributed by atoms with Gasteiger partial charge in [-0.1, -0.05) is 23.2 Å². The van der Waals surface area contributed by atoms with E-state index in [-0.39, 0.29) is 5.69 Å². The fourth-order valence-corrected chi connectivity index (χ4v) is 3.44. The molecule has 0 unspecified atom stereocenters. The number of halogens is 3. The van der Waals surface area contributed by atoms with E-state index in [1.54, 1.807) is 12.4 Å². The van der Waals surface area contributed by atoms with E-state index in [1.165, 1.54) is 6.07 Å². The van der Waals surface area contributed by atoms with E-state index in [2.05, 4.69) is 32.6 Å². The number of nitrogens with two attached hydrogens (primary N) is 1. The molecule has 112 valence electrons. The van der Waals surface area contributed by atoms with Crippen LogP contribution in [0.4, 0.5) is 0 Å². The molecule has 22 heavy (non-hydrogen) atoms. The lowest BCUT2D eigenvalue weighted by atomic mass is 10.2. The number of hydrogen-bond donors (Lipinski definition) is 1. The molecular formula is C14H9Cl2IN4O. The van der Waals surface area contributed by atoms with Gasteiger partial charge < -0.3 is 10.3 Å².